The molecular formula is C14H16F3NO3. The van der Waals surface area contributed by atoms with E-state index in [0.717, 1.165) is 6.07 Å². The fourth-order valence-corrected chi connectivity index (χ4v) is 3.07. The van der Waals surface area contributed by atoms with Gasteiger partial charge in [-0.2, -0.15) is 13.2 Å². The molecule has 1 aliphatic heterocycles. The van der Waals surface area contributed by atoms with E-state index in [2.05, 4.69) is 4.98 Å². The summed E-state index contributed by atoms with van der Waals surface area (Å²) in [6.07, 6.45) is -2.28. The van der Waals surface area contributed by atoms with Crippen molar-refractivity contribution in [2.45, 2.75) is 43.2 Å². The first-order chi connectivity index (χ1) is 9.85. The number of ether oxygens (including phenoxy) is 2. The highest BCUT2D eigenvalue weighted by Crippen LogP contribution is 2.47. The molecule has 1 spiro atoms. The van der Waals surface area contributed by atoms with Crippen LogP contribution in [0.1, 0.15) is 36.9 Å². The maximum atomic E-state index is 13.1. The van der Waals surface area contributed by atoms with Crippen molar-refractivity contribution in [1.29, 1.82) is 0 Å². The van der Waals surface area contributed by atoms with Gasteiger partial charge in [0.25, 0.3) is 0 Å². The number of halogens is 3. The number of hydrogen-bond donors (Lipinski definition) is 1. The summed E-state index contributed by atoms with van der Waals surface area (Å²) in [5.41, 5.74) is -2.77. The standard InChI is InChI=1S/C14H16F3NO3/c15-14(16,17)10-2-1-7-18-11(10)12(19)3-5-13(6-4-12)20-8-9-21-13/h1-2,7,19H,3-6,8-9H2. The molecule has 2 heterocycles. The zero-order valence-electron chi connectivity index (χ0n) is 11.3. The lowest BCUT2D eigenvalue weighted by molar-refractivity contribution is -0.206. The molecule has 1 saturated carbocycles. The van der Waals surface area contributed by atoms with Crippen LogP contribution >= 0.6 is 0 Å². The van der Waals surface area contributed by atoms with Crippen LogP contribution in [0.25, 0.3) is 0 Å². The Morgan fingerprint density at radius 1 is 1.10 bits per heavy atom. The molecule has 1 aromatic heterocycles. The predicted molar refractivity (Wildman–Crippen MR) is 66.2 cm³/mol. The number of hydrogen-bond acceptors (Lipinski definition) is 4. The summed E-state index contributed by atoms with van der Waals surface area (Å²) >= 11 is 0. The van der Waals surface area contributed by atoms with E-state index in [1.54, 1.807) is 0 Å². The molecule has 2 fully saturated rings. The Bertz CT molecular complexity index is 516. The van der Waals surface area contributed by atoms with Crippen molar-refractivity contribution in [2.75, 3.05) is 13.2 Å². The van der Waals surface area contributed by atoms with Gasteiger partial charge < -0.3 is 14.6 Å². The zero-order chi connectivity index (χ0) is 15.1. The van der Waals surface area contributed by atoms with Crippen molar-refractivity contribution in [3.8, 4) is 0 Å². The molecule has 4 nitrogen and oxygen atoms in total. The molecule has 0 unspecified atom stereocenters. The van der Waals surface area contributed by atoms with Crippen LogP contribution in [0, 0.1) is 0 Å². The topological polar surface area (TPSA) is 51.6 Å². The minimum absolute atomic E-state index is 0.132. The van der Waals surface area contributed by atoms with Gasteiger partial charge in [-0.3, -0.25) is 4.98 Å². The van der Waals surface area contributed by atoms with Gasteiger partial charge in [0, 0.05) is 19.0 Å². The van der Waals surface area contributed by atoms with Crippen molar-refractivity contribution >= 4 is 0 Å². The number of aliphatic hydroxyl groups is 1. The van der Waals surface area contributed by atoms with Gasteiger partial charge in [-0.05, 0) is 25.0 Å². The van der Waals surface area contributed by atoms with Gasteiger partial charge in [-0.25, -0.2) is 0 Å². The molecule has 7 heteroatoms. The fraction of sp³-hybridized carbons (Fsp3) is 0.643. The van der Waals surface area contributed by atoms with Gasteiger partial charge in [0.2, 0.25) is 0 Å². The number of aromatic nitrogens is 1. The molecule has 0 aromatic carbocycles. The zero-order valence-corrected chi connectivity index (χ0v) is 11.3. The molecular weight excluding hydrogens is 287 g/mol. The summed E-state index contributed by atoms with van der Waals surface area (Å²) in [4.78, 5) is 3.80. The SMILES string of the molecule is OC1(c2ncccc2C(F)(F)F)CCC2(CC1)OCCO2. The molecule has 0 radical (unpaired) electrons. The van der Waals surface area contributed by atoms with Gasteiger partial charge in [-0.1, -0.05) is 0 Å². The predicted octanol–water partition coefficient (Wildman–Crippen LogP) is 2.61. The average molecular weight is 303 g/mol. The van der Waals surface area contributed by atoms with Crippen molar-refractivity contribution in [2.24, 2.45) is 0 Å². The molecule has 3 rings (SSSR count). The third-order valence-electron chi connectivity index (χ3n) is 4.21. The molecule has 0 atom stereocenters. The van der Waals surface area contributed by atoms with Crippen molar-refractivity contribution in [3.63, 3.8) is 0 Å². The lowest BCUT2D eigenvalue weighted by Crippen LogP contribution is -2.43. The van der Waals surface area contributed by atoms with Crippen molar-refractivity contribution in [3.05, 3.63) is 29.6 Å². The van der Waals surface area contributed by atoms with Crippen LogP contribution < -0.4 is 0 Å². The highest BCUT2D eigenvalue weighted by atomic mass is 19.4. The number of alkyl halides is 3. The Kier molecular flexibility index (Phi) is 3.46. The monoisotopic (exact) mass is 303 g/mol. The smallest absolute Gasteiger partial charge is 0.384 e. The second-order valence-corrected chi connectivity index (χ2v) is 5.54. The first-order valence-electron chi connectivity index (χ1n) is 6.88. The van der Waals surface area contributed by atoms with Crippen LogP contribution in [-0.2, 0) is 21.3 Å². The van der Waals surface area contributed by atoms with Gasteiger partial charge >= 0.3 is 6.18 Å². The van der Waals surface area contributed by atoms with E-state index in [0.29, 0.717) is 26.1 Å². The highest BCUT2D eigenvalue weighted by molar-refractivity contribution is 5.29. The minimum Gasteiger partial charge on any atom is -0.384 e. The summed E-state index contributed by atoms with van der Waals surface area (Å²) < 4.78 is 50.3. The molecule has 0 amide bonds. The minimum atomic E-state index is -4.53. The first-order valence-corrected chi connectivity index (χ1v) is 6.88. The van der Waals surface area contributed by atoms with E-state index in [-0.39, 0.29) is 18.5 Å². The average Bonchev–Trinajstić information content (AvgIpc) is 2.91. The Balaban J connectivity index is 1.87. The van der Waals surface area contributed by atoms with Gasteiger partial charge in [-0.15, -0.1) is 0 Å². The maximum Gasteiger partial charge on any atom is 0.418 e. The van der Waals surface area contributed by atoms with Crippen molar-refractivity contribution in [1.82, 2.24) is 4.98 Å². The molecule has 1 N–H and O–H groups in total. The van der Waals surface area contributed by atoms with E-state index in [1.165, 1.54) is 12.3 Å². The summed E-state index contributed by atoms with van der Waals surface area (Å²) in [5.74, 6) is -0.737. The third-order valence-corrected chi connectivity index (χ3v) is 4.21. The Morgan fingerprint density at radius 3 is 2.29 bits per heavy atom. The quantitative estimate of drug-likeness (QED) is 0.866. The van der Waals surface area contributed by atoms with Crippen LogP contribution in [0.5, 0.6) is 0 Å². The number of nitrogens with zero attached hydrogens (tertiary/aromatic N) is 1. The van der Waals surface area contributed by atoms with Gasteiger partial charge in [0.05, 0.1) is 24.5 Å². The molecule has 0 bridgehead atoms. The Hall–Kier alpha value is -1.18. The summed E-state index contributed by atoms with van der Waals surface area (Å²) in [6.45, 7) is 0.964. The fourth-order valence-electron chi connectivity index (χ4n) is 3.07. The second-order valence-electron chi connectivity index (χ2n) is 5.54. The molecule has 1 saturated heterocycles. The van der Waals surface area contributed by atoms with E-state index < -0.39 is 23.1 Å². The highest BCUT2D eigenvalue weighted by Gasteiger charge is 2.49. The van der Waals surface area contributed by atoms with Crippen LogP contribution in [0.2, 0.25) is 0 Å². The molecule has 1 aliphatic carbocycles. The molecule has 2 aliphatic rings. The summed E-state index contributed by atoms with van der Waals surface area (Å²) in [6, 6.07) is 2.18. The lowest BCUT2D eigenvalue weighted by Gasteiger charge is -2.40. The Morgan fingerprint density at radius 2 is 1.71 bits per heavy atom. The van der Waals surface area contributed by atoms with Gasteiger partial charge in [0.1, 0.15) is 5.60 Å². The third kappa shape index (κ3) is 2.65. The molecule has 21 heavy (non-hydrogen) atoms. The Labute approximate surface area is 119 Å². The van der Waals surface area contributed by atoms with E-state index in [1.807, 2.05) is 0 Å². The maximum absolute atomic E-state index is 13.1. The summed E-state index contributed by atoms with van der Waals surface area (Å²) in [5, 5.41) is 10.7. The lowest BCUT2D eigenvalue weighted by atomic mass is 9.78. The van der Waals surface area contributed by atoms with E-state index in [4.69, 9.17) is 9.47 Å². The normalized spacial score (nSPS) is 24.4. The van der Waals surface area contributed by atoms with Crippen LogP contribution in [0.4, 0.5) is 13.2 Å². The number of pyridine rings is 1. The van der Waals surface area contributed by atoms with Gasteiger partial charge in [0.15, 0.2) is 5.79 Å². The second kappa shape index (κ2) is 4.93. The number of rotatable bonds is 1. The van der Waals surface area contributed by atoms with Crippen LogP contribution in [0.15, 0.2) is 18.3 Å². The largest absolute Gasteiger partial charge is 0.418 e. The van der Waals surface area contributed by atoms with Crippen LogP contribution in [-0.4, -0.2) is 29.1 Å². The molecule has 116 valence electrons. The van der Waals surface area contributed by atoms with E-state index >= 15 is 0 Å². The van der Waals surface area contributed by atoms with E-state index in [9.17, 15) is 18.3 Å². The molecule has 1 aromatic rings. The van der Waals surface area contributed by atoms with Crippen molar-refractivity contribution < 1.29 is 27.8 Å². The summed E-state index contributed by atoms with van der Waals surface area (Å²) in [7, 11) is 0. The van der Waals surface area contributed by atoms with Crippen LogP contribution in [0.3, 0.4) is 0 Å². The first kappa shape index (κ1) is 14.7.